The predicted octanol–water partition coefficient (Wildman–Crippen LogP) is 0.837. The summed E-state index contributed by atoms with van der Waals surface area (Å²) in [5.74, 6) is -0.214. The Morgan fingerprint density at radius 1 is 1.48 bits per heavy atom. The van der Waals surface area contributed by atoms with Crippen molar-refractivity contribution in [3.05, 3.63) is 17.8 Å². The number of esters is 1. The monoisotopic (exact) mass is 304 g/mol. The van der Waals surface area contributed by atoms with Crippen LogP contribution in [-0.4, -0.2) is 48.4 Å². The number of carbonyl (C=O) groups is 1. The number of aromatic nitrogens is 2. The number of nitrogens with one attached hydrogen (secondary N) is 1. The van der Waals surface area contributed by atoms with Crippen LogP contribution >= 0.6 is 0 Å². The number of nitrogens with zero attached hydrogens (tertiary/aromatic N) is 3. The van der Waals surface area contributed by atoms with Crippen molar-refractivity contribution in [1.29, 1.82) is 0 Å². The van der Waals surface area contributed by atoms with Crippen molar-refractivity contribution in [2.45, 2.75) is 19.1 Å². The molecule has 1 fully saturated rings. The van der Waals surface area contributed by atoms with Crippen LogP contribution in [0.5, 0.6) is 0 Å². The van der Waals surface area contributed by atoms with Gasteiger partial charge in [-0.3, -0.25) is 0 Å². The second kappa shape index (κ2) is 6.25. The Bertz CT molecular complexity index is 492. The van der Waals surface area contributed by atoms with E-state index in [0.717, 1.165) is 6.07 Å². The van der Waals surface area contributed by atoms with Crippen LogP contribution < -0.4 is 10.2 Å². The molecule has 0 amide bonds. The summed E-state index contributed by atoms with van der Waals surface area (Å²) in [6.45, 7) is 3.31. The minimum absolute atomic E-state index is 0.225. The summed E-state index contributed by atoms with van der Waals surface area (Å²) in [6.07, 6.45) is -4.53. The molecule has 0 aliphatic carbocycles. The van der Waals surface area contributed by atoms with Gasteiger partial charge in [0, 0.05) is 19.6 Å². The van der Waals surface area contributed by atoms with Crippen LogP contribution in [0.4, 0.5) is 19.0 Å². The fourth-order valence-electron chi connectivity index (χ4n) is 2.06. The summed E-state index contributed by atoms with van der Waals surface area (Å²) in [6, 6.07) is 1.45. The largest absolute Gasteiger partial charge is 0.464 e. The summed E-state index contributed by atoms with van der Waals surface area (Å²) in [7, 11) is 0. The lowest BCUT2D eigenvalue weighted by Crippen LogP contribution is -2.56. The van der Waals surface area contributed by atoms with Crippen LogP contribution in [0, 0.1) is 0 Å². The molecule has 0 radical (unpaired) electrons. The third-order valence-electron chi connectivity index (χ3n) is 3.04. The van der Waals surface area contributed by atoms with Gasteiger partial charge in [-0.25, -0.2) is 4.79 Å². The Morgan fingerprint density at radius 3 is 2.81 bits per heavy atom. The van der Waals surface area contributed by atoms with Crippen LogP contribution in [0.25, 0.3) is 0 Å². The van der Waals surface area contributed by atoms with Gasteiger partial charge in [0.25, 0.3) is 0 Å². The number of rotatable bonds is 3. The van der Waals surface area contributed by atoms with Crippen molar-refractivity contribution in [1.82, 2.24) is 15.5 Å². The molecule has 2 rings (SSSR count). The highest BCUT2D eigenvalue weighted by molar-refractivity contribution is 5.80. The van der Waals surface area contributed by atoms with Crippen molar-refractivity contribution in [2.75, 3.05) is 31.1 Å². The molecule has 21 heavy (non-hydrogen) atoms. The normalized spacial score (nSPS) is 19.4. The van der Waals surface area contributed by atoms with E-state index in [-0.39, 0.29) is 12.4 Å². The lowest BCUT2D eigenvalue weighted by molar-refractivity contribution is -0.145. The van der Waals surface area contributed by atoms with Crippen molar-refractivity contribution >= 4 is 11.8 Å². The summed E-state index contributed by atoms with van der Waals surface area (Å²) in [5.41, 5.74) is -1.06. The Hall–Kier alpha value is -1.90. The molecule has 1 aliphatic heterocycles. The first-order chi connectivity index (χ1) is 9.93. The second-order valence-corrected chi connectivity index (χ2v) is 4.44. The summed E-state index contributed by atoms with van der Waals surface area (Å²) in [5, 5.41) is 9.80. The molecule has 1 aromatic heterocycles. The zero-order chi connectivity index (χ0) is 15.5. The molecule has 0 bridgehead atoms. The summed E-state index contributed by atoms with van der Waals surface area (Å²) >= 11 is 0. The quantitative estimate of drug-likeness (QED) is 0.835. The van der Waals surface area contributed by atoms with Crippen LogP contribution in [0.1, 0.15) is 12.6 Å². The lowest BCUT2D eigenvalue weighted by Gasteiger charge is -2.35. The number of anilines is 1. The zero-order valence-electron chi connectivity index (χ0n) is 11.4. The first-order valence-corrected chi connectivity index (χ1v) is 6.48. The molecule has 2 heterocycles. The fourth-order valence-corrected chi connectivity index (χ4v) is 2.06. The molecule has 1 aliphatic rings. The number of ether oxygens (including phenoxy) is 1. The number of hydrogen-bond donors (Lipinski definition) is 1. The Morgan fingerprint density at radius 2 is 2.24 bits per heavy atom. The van der Waals surface area contributed by atoms with Gasteiger partial charge >= 0.3 is 12.1 Å². The summed E-state index contributed by atoms with van der Waals surface area (Å²) in [4.78, 5) is 13.5. The zero-order valence-corrected chi connectivity index (χ0v) is 11.4. The molecule has 0 spiro atoms. The maximum atomic E-state index is 12.5. The van der Waals surface area contributed by atoms with E-state index in [2.05, 4.69) is 15.5 Å². The predicted molar refractivity (Wildman–Crippen MR) is 67.7 cm³/mol. The first kappa shape index (κ1) is 15.5. The smallest absolute Gasteiger partial charge is 0.435 e. The number of carbonyl (C=O) groups excluding carboxylic acids is 1. The Balaban J connectivity index is 2.19. The maximum Gasteiger partial charge on any atom is 0.435 e. The van der Waals surface area contributed by atoms with Gasteiger partial charge in [-0.2, -0.15) is 13.2 Å². The molecule has 1 N–H and O–H groups in total. The van der Waals surface area contributed by atoms with Gasteiger partial charge in [-0.1, -0.05) is 0 Å². The van der Waals surface area contributed by atoms with E-state index in [0.29, 0.717) is 19.6 Å². The van der Waals surface area contributed by atoms with Crippen LogP contribution in [0.2, 0.25) is 0 Å². The molecule has 1 aromatic rings. The summed E-state index contributed by atoms with van der Waals surface area (Å²) < 4.78 is 42.4. The van der Waals surface area contributed by atoms with E-state index in [9.17, 15) is 18.0 Å². The molecule has 1 atom stereocenters. The van der Waals surface area contributed by atoms with E-state index in [4.69, 9.17) is 4.74 Å². The molecule has 0 aromatic carbocycles. The van der Waals surface area contributed by atoms with E-state index < -0.39 is 23.9 Å². The number of halogens is 3. The average molecular weight is 304 g/mol. The number of alkyl halides is 3. The first-order valence-electron chi connectivity index (χ1n) is 6.48. The van der Waals surface area contributed by atoms with E-state index in [1.165, 1.54) is 6.07 Å². The van der Waals surface area contributed by atoms with Crippen LogP contribution in [0.15, 0.2) is 12.1 Å². The SMILES string of the molecule is CCOC(=O)C1CNCCN1c1ccc(C(F)(F)F)nn1. The van der Waals surface area contributed by atoms with Crippen molar-refractivity contribution < 1.29 is 22.7 Å². The van der Waals surface area contributed by atoms with Crippen molar-refractivity contribution in [3.63, 3.8) is 0 Å². The fraction of sp³-hybridized carbons (Fsp3) is 0.583. The molecule has 116 valence electrons. The topological polar surface area (TPSA) is 67.3 Å². The Labute approximate surface area is 119 Å². The van der Waals surface area contributed by atoms with Gasteiger partial charge in [-0.05, 0) is 19.1 Å². The molecular weight excluding hydrogens is 289 g/mol. The minimum Gasteiger partial charge on any atom is -0.464 e. The van der Waals surface area contributed by atoms with Crippen molar-refractivity contribution in [3.8, 4) is 0 Å². The van der Waals surface area contributed by atoms with Crippen molar-refractivity contribution in [2.24, 2.45) is 0 Å². The van der Waals surface area contributed by atoms with Gasteiger partial charge in [0.1, 0.15) is 6.04 Å². The maximum absolute atomic E-state index is 12.5. The second-order valence-electron chi connectivity index (χ2n) is 4.44. The Kier molecular flexibility index (Phi) is 4.61. The molecule has 0 saturated carbocycles. The highest BCUT2D eigenvalue weighted by Gasteiger charge is 2.34. The van der Waals surface area contributed by atoms with E-state index in [1.807, 2.05) is 0 Å². The van der Waals surface area contributed by atoms with Crippen LogP contribution in [0.3, 0.4) is 0 Å². The molecule has 1 saturated heterocycles. The molecule has 6 nitrogen and oxygen atoms in total. The van der Waals surface area contributed by atoms with Crippen LogP contribution in [-0.2, 0) is 15.7 Å². The molecular formula is C12H15F3N4O2. The van der Waals surface area contributed by atoms with Gasteiger partial charge < -0.3 is 15.0 Å². The lowest BCUT2D eigenvalue weighted by atomic mass is 10.2. The van der Waals surface area contributed by atoms with E-state index >= 15 is 0 Å². The third-order valence-corrected chi connectivity index (χ3v) is 3.04. The van der Waals surface area contributed by atoms with Gasteiger partial charge in [0.05, 0.1) is 6.61 Å². The molecule has 9 heteroatoms. The third kappa shape index (κ3) is 3.60. The minimum atomic E-state index is -4.53. The highest BCUT2D eigenvalue weighted by Crippen LogP contribution is 2.28. The highest BCUT2D eigenvalue weighted by atomic mass is 19.4. The number of piperazine rings is 1. The molecule has 1 unspecified atom stereocenters. The average Bonchev–Trinajstić information content (AvgIpc) is 2.47. The van der Waals surface area contributed by atoms with Gasteiger partial charge in [0.2, 0.25) is 0 Å². The van der Waals surface area contributed by atoms with Gasteiger partial charge in [-0.15, -0.1) is 10.2 Å². The van der Waals surface area contributed by atoms with Gasteiger partial charge in [0.15, 0.2) is 11.5 Å². The van der Waals surface area contributed by atoms with E-state index in [1.54, 1.807) is 11.8 Å². The standard InChI is InChI=1S/C12H15F3N4O2/c1-2-21-11(20)8-7-16-5-6-19(8)10-4-3-9(17-18-10)12(13,14)15/h3-4,8,16H,2,5-7H2,1H3. The number of hydrogen-bond acceptors (Lipinski definition) is 6.